The van der Waals surface area contributed by atoms with Gasteiger partial charge in [0.15, 0.2) is 10.6 Å². The molecule has 1 unspecified atom stereocenters. The molecule has 8 heteroatoms. The number of benzene rings is 1. The number of hydrogen-bond acceptors (Lipinski definition) is 5. The van der Waals surface area contributed by atoms with Gasteiger partial charge in [-0.2, -0.15) is 5.10 Å². The van der Waals surface area contributed by atoms with Crippen LogP contribution >= 0.6 is 23.6 Å². The summed E-state index contributed by atoms with van der Waals surface area (Å²) in [5.41, 5.74) is 0.913. The lowest BCUT2D eigenvalue weighted by atomic mass is 10.2. The average Bonchev–Trinajstić information content (AvgIpc) is 3.35. The minimum Gasteiger partial charge on any atom is -0.497 e. The minimum atomic E-state index is 0.0517. The number of methoxy groups -OCH3 is 1. The number of nitrogens with one attached hydrogen (secondary N) is 1. The summed E-state index contributed by atoms with van der Waals surface area (Å²) < 4.78 is 7.56. The predicted molar refractivity (Wildman–Crippen MR) is 110 cm³/mol. The molecule has 0 fully saturated rings. The van der Waals surface area contributed by atoms with Crippen LogP contribution in [0.25, 0.3) is 11.4 Å². The van der Waals surface area contributed by atoms with Crippen LogP contribution in [0, 0.1) is 4.77 Å². The van der Waals surface area contributed by atoms with E-state index in [2.05, 4.69) is 10.2 Å². The molecule has 0 aliphatic heterocycles. The van der Waals surface area contributed by atoms with E-state index in [9.17, 15) is 4.79 Å². The highest BCUT2D eigenvalue weighted by atomic mass is 32.1. The van der Waals surface area contributed by atoms with Crippen molar-refractivity contribution in [3.05, 3.63) is 51.4 Å². The molecule has 0 aliphatic rings. The summed E-state index contributed by atoms with van der Waals surface area (Å²) in [7, 11) is 3.47. The van der Waals surface area contributed by atoms with E-state index in [0.29, 0.717) is 23.6 Å². The number of rotatable bonds is 7. The largest absolute Gasteiger partial charge is 0.497 e. The lowest BCUT2D eigenvalue weighted by Crippen LogP contribution is -2.30. The Balaban J connectivity index is 1.71. The predicted octanol–water partition coefficient (Wildman–Crippen LogP) is 4.29. The number of nitrogens with zero attached hydrogens (tertiary/aromatic N) is 3. The molecule has 0 radical (unpaired) electrons. The van der Waals surface area contributed by atoms with E-state index in [4.69, 9.17) is 17.0 Å². The smallest absolute Gasteiger partial charge is 0.224 e. The second-order valence-corrected chi connectivity index (χ2v) is 7.54. The zero-order valence-electron chi connectivity index (χ0n) is 15.5. The first-order valence-electron chi connectivity index (χ1n) is 8.60. The number of ether oxygens (including phenoxy) is 1. The maximum atomic E-state index is 12.7. The van der Waals surface area contributed by atoms with Gasteiger partial charge in [-0.1, -0.05) is 6.07 Å². The maximum Gasteiger partial charge on any atom is 0.224 e. The van der Waals surface area contributed by atoms with Crippen molar-refractivity contribution in [1.82, 2.24) is 19.7 Å². The number of aromatic amines is 1. The van der Waals surface area contributed by atoms with Crippen molar-refractivity contribution in [2.75, 3.05) is 14.2 Å². The molecule has 0 spiro atoms. The SMILES string of the molecule is COc1ccc(-c2n[nH]c(=S)n2CCC(=O)N(C)C(C)c2cccs2)cc1. The summed E-state index contributed by atoms with van der Waals surface area (Å²) in [4.78, 5) is 15.6. The Kier molecular flexibility index (Phi) is 6.08. The molecular formula is C19H22N4O2S2. The molecule has 3 aromatic rings. The molecule has 0 bridgehead atoms. The van der Waals surface area contributed by atoms with Gasteiger partial charge in [-0.15, -0.1) is 11.3 Å². The van der Waals surface area contributed by atoms with Crippen molar-refractivity contribution in [2.45, 2.75) is 25.9 Å². The van der Waals surface area contributed by atoms with E-state index in [0.717, 1.165) is 11.3 Å². The third-order valence-electron chi connectivity index (χ3n) is 4.59. The molecule has 3 rings (SSSR count). The van der Waals surface area contributed by atoms with Crippen molar-refractivity contribution in [1.29, 1.82) is 0 Å². The van der Waals surface area contributed by atoms with Crippen LogP contribution in [-0.2, 0) is 11.3 Å². The molecule has 142 valence electrons. The molecular weight excluding hydrogens is 380 g/mol. The van der Waals surface area contributed by atoms with Crippen molar-refractivity contribution in [3.8, 4) is 17.1 Å². The summed E-state index contributed by atoms with van der Waals surface area (Å²) in [6.45, 7) is 2.51. The standard InChI is InChI=1S/C19H22N4O2S2/c1-13(16-5-4-12-27-16)22(2)17(24)10-11-23-18(20-21-19(23)26)14-6-8-15(25-3)9-7-14/h4-9,12-13H,10-11H2,1-3H3,(H,21,26). The van der Waals surface area contributed by atoms with Crippen LogP contribution in [0.15, 0.2) is 41.8 Å². The third kappa shape index (κ3) is 4.28. The second-order valence-electron chi connectivity index (χ2n) is 6.18. The fraction of sp³-hybridized carbons (Fsp3) is 0.316. The Morgan fingerprint density at radius 2 is 2.11 bits per heavy atom. The van der Waals surface area contributed by atoms with Crippen LogP contribution in [-0.4, -0.2) is 39.7 Å². The van der Waals surface area contributed by atoms with Crippen molar-refractivity contribution >= 4 is 29.5 Å². The fourth-order valence-electron chi connectivity index (χ4n) is 2.81. The molecule has 1 amide bonds. The number of H-pyrrole nitrogens is 1. The summed E-state index contributed by atoms with van der Waals surface area (Å²) in [5.74, 6) is 1.56. The highest BCUT2D eigenvalue weighted by Crippen LogP contribution is 2.25. The second kappa shape index (κ2) is 8.49. The van der Waals surface area contributed by atoms with E-state index in [1.165, 1.54) is 4.88 Å². The number of aromatic nitrogens is 3. The zero-order chi connectivity index (χ0) is 19.4. The maximum absolute atomic E-state index is 12.7. The van der Waals surface area contributed by atoms with Gasteiger partial charge in [0.1, 0.15) is 5.75 Å². The van der Waals surface area contributed by atoms with Gasteiger partial charge in [-0.3, -0.25) is 14.5 Å². The topological polar surface area (TPSA) is 63.1 Å². The Labute approximate surface area is 167 Å². The van der Waals surface area contributed by atoms with Gasteiger partial charge >= 0.3 is 0 Å². The third-order valence-corrected chi connectivity index (χ3v) is 5.94. The van der Waals surface area contributed by atoms with E-state index >= 15 is 0 Å². The number of carbonyl (C=O) groups is 1. The van der Waals surface area contributed by atoms with Gasteiger partial charge in [-0.05, 0) is 54.9 Å². The number of hydrogen-bond donors (Lipinski definition) is 1. The Morgan fingerprint density at radius 3 is 2.74 bits per heavy atom. The van der Waals surface area contributed by atoms with E-state index in [1.807, 2.05) is 60.3 Å². The van der Waals surface area contributed by atoms with Gasteiger partial charge < -0.3 is 9.64 Å². The highest BCUT2D eigenvalue weighted by molar-refractivity contribution is 7.71. The lowest BCUT2D eigenvalue weighted by Gasteiger charge is -2.24. The van der Waals surface area contributed by atoms with Gasteiger partial charge in [-0.25, -0.2) is 0 Å². The highest BCUT2D eigenvalue weighted by Gasteiger charge is 2.19. The van der Waals surface area contributed by atoms with E-state index < -0.39 is 0 Å². The molecule has 1 N–H and O–H groups in total. The normalized spacial score (nSPS) is 12.0. The number of thiophene rings is 1. The summed E-state index contributed by atoms with van der Waals surface area (Å²) in [5, 5.41) is 9.17. The van der Waals surface area contributed by atoms with Crippen LogP contribution in [0.3, 0.4) is 0 Å². The quantitative estimate of drug-likeness (QED) is 0.599. The van der Waals surface area contributed by atoms with Gasteiger partial charge in [0.25, 0.3) is 0 Å². The first-order chi connectivity index (χ1) is 13.0. The summed E-state index contributed by atoms with van der Waals surface area (Å²) >= 11 is 7.01. The minimum absolute atomic E-state index is 0.0517. The first-order valence-corrected chi connectivity index (χ1v) is 9.88. The van der Waals surface area contributed by atoms with Crippen molar-refractivity contribution in [2.24, 2.45) is 0 Å². The number of carbonyl (C=O) groups excluding carboxylic acids is 1. The summed E-state index contributed by atoms with van der Waals surface area (Å²) in [6.07, 6.45) is 0.350. The molecule has 1 atom stereocenters. The molecule has 2 heterocycles. The average molecular weight is 403 g/mol. The van der Waals surface area contributed by atoms with Crippen molar-refractivity contribution in [3.63, 3.8) is 0 Å². The van der Waals surface area contributed by atoms with E-state index in [-0.39, 0.29) is 11.9 Å². The Morgan fingerprint density at radius 1 is 1.37 bits per heavy atom. The molecule has 27 heavy (non-hydrogen) atoms. The lowest BCUT2D eigenvalue weighted by molar-refractivity contribution is -0.132. The first kappa shape index (κ1) is 19.3. The monoisotopic (exact) mass is 402 g/mol. The molecule has 0 saturated heterocycles. The van der Waals surface area contributed by atoms with Gasteiger partial charge in [0, 0.05) is 30.5 Å². The molecule has 6 nitrogen and oxygen atoms in total. The molecule has 2 aromatic heterocycles. The number of amides is 1. The van der Waals surface area contributed by atoms with E-state index in [1.54, 1.807) is 23.3 Å². The molecule has 0 saturated carbocycles. The van der Waals surface area contributed by atoms with Crippen LogP contribution < -0.4 is 4.74 Å². The van der Waals surface area contributed by atoms with Gasteiger partial charge in [0.2, 0.25) is 5.91 Å². The van der Waals surface area contributed by atoms with Crippen molar-refractivity contribution < 1.29 is 9.53 Å². The van der Waals surface area contributed by atoms with Crippen LogP contribution in [0.2, 0.25) is 0 Å². The fourth-order valence-corrected chi connectivity index (χ4v) is 3.86. The Hall–Kier alpha value is -2.45. The van der Waals surface area contributed by atoms with Gasteiger partial charge in [0.05, 0.1) is 13.2 Å². The van der Waals surface area contributed by atoms with Crippen LogP contribution in [0.1, 0.15) is 24.3 Å². The van der Waals surface area contributed by atoms with Crippen LogP contribution in [0.4, 0.5) is 0 Å². The summed E-state index contributed by atoms with van der Waals surface area (Å²) in [6, 6.07) is 11.7. The zero-order valence-corrected chi connectivity index (χ0v) is 17.1. The van der Waals surface area contributed by atoms with Crippen LogP contribution in [0.5, 0.6) is 5.75 Å². The Bertz CT molecular complexity index is 945. The molecule has 1 aromatic carbocycles. The molecule has 0 aliphatic carbocycles.